The minimum absolute atomic E-state index is 0.123. The lowest BCUT2D eigenvalue weighted by atomic mass is 10.3. The molecular weight excluding hydrogens is 320 g/mol. The van der Waals surface area contributed by atoms with Gasteiger partial charge in [0.1, 0.15) is 5.82 Å². The Kier molecular flexibility index (Phi) is 6.41. The van der Waals surface area contributed by atoms with Crippen LogP contribution >= 0.6 is 0 Å². The van der Waals surface area contributed by atoms with E-state index in [1.54, 1.807) is 0 Å². The summed E-state index contributed by atoms with van der Waals surface area (Å²) in [5, 5.41) is 6.26. The summed E-state index contributed by atoms with van der Waals surface area (Å²) in [6.07, 6.45) is 1.86. The van der Waals surface area contributed by atoms with Crippen molar-refractivity contribution in [2.75, 3.05) is 69.2 Å². The van der Waals surface area contributed by atoms with Gasteiger partial charge in [-0.05, 0) is 12.8 Å². The highest BCUT2D eigenvalue weighted by Crippen LogP contribution is 2.16. The van der Waals surface area contributed by atoms with Crippen molar-refractivity contribution in [3.05, 3.63) is 11.8 Å². The van der Waals surface area contributed by atoms with E-state index in [1.807, 2.05) is 6.07 Å². The maximum atomic E-state index is 11.4. The van der Waals surface area contributed by atoms with Gasteiger partial charge in [0, 0.05) is 51.0 Å². The van der Waals surface area contributed by atoms with Crippen LogP contribution in [0.1, 0.15) is 19.0 Å². The fourth-order valence-electron chi connectivity index (χ4n) is 3.06. The summed E-state index contributed by atoms with van der Waals surface area (Å²) < 4.78 is 5.41. The Morgan fingerprint density at radius 2 is 2.12 bits per heavy atom. The molecule has 0 aliphatic carbocycles. The number of morpholine rings is 1. The van der Waals surface area contributed by atoms with Crippen LogP contribution in [0.5, 0.6) is 0 Å². The molecule has 1 amide bonds. The number of nitrogens with zero attached hydrogens (tertiary/aromatic N) is 4. The van der Waals surface area contributed by atoms with E-state index in [0.29, 0.717) is 6.54 Å². The molecule has 25 heavy (non-hydrogen) atoms. The van der Waals surface area contributed by atoms with Gasteiger partial charge in [0.2, 0.25) is 11.9 Å². The van der Waals surface area contributed by atoms with Gasteiger partial charge in [-0.2, -0.15) is 4.98 Å². The Morgan fingerprint density at radius 1 is 1.28 bits per heavy atom. The van der Waals surface area contributed by atoms with Crippen molar-refractivity contribution < 1.29 is 9.53 Å². The number of anilines is 2. The van der Waals surface area contributed by atoms with Crippen LogP contribution in [-0.4, -0.2) is 79.8 Å². The summed E-state index contributed by atoms with van der Waals surface area (Å²) in [6, 6.07) is 2.03. The topological polar surface area (TPSA) is 82.6 Å². The number of amides is 1. The van der Waals surface area contributed by atoms with E-state index >= 15 is 0 Å². The molecule has 0 saturated carbocycles. The normalized spacial score (nSPS) is 18.9. The lowest BCUT2D eigenvalue weighted by Gasteiger charge is -2.27. The summed E-state index contributed by atoms with van der Waals surface area (Å²) in [6.45, 7) is 9.18. The van der Waals surface area contributed by atoms with Gasteiger partial charge >= 0.3 is 0 Å². The molecule has 0 spiro atoms. The molecule has 1 aromatic rings. The molecule has 0 aromatic carbocycles. The Balaban J connectivity index is 1.51. The number of carbonyl (C=O) groups excluding carboxylic acids is 1. The van der Waals surface area contributed by atoms with E-state index in [9.17, 15) is 4.79 Å². The first-order chi connectivity index (χ1) is 12.2. The Bertz CT molecular complexity index is 576. The highest BCUT2D eigenvalue weighted by Gasteiger charge is 2.16. The molecule has 2 N–H and O–H groups in total. The molecule has 0 radical (unpaired) electrons. The molecule has 8 heteroatoms. The molecule has 3 rings (SSSR count). The van der Waals surface area contributed by atoms with Gasteiger partial charge in [0.25, 0.3) is 0 Å². The van der Waals surface area contributed by atoms with Gasteiger partial charge < -0.3 is 20.3 Å². The number of ether oxygens (including phenoxy) is 1. The zero-order chi connectivity index (χ0) is 17.5. The van der Waals surface area contributed by atoms with Crippen LogP contribution in [0.4, 0.5) is 11.8 Å². The predicted octanol–water partition coefficient (Wildman–Crippen LogP) is 0.109. The van der Waals surface area contributed by atoms with E-state index in [-0.39, 0.29) is 5.91 Å². The highest BCUT2D eigenvalue weighted by atomic mass is 16.5. The average molecular weight is 348 g/mol. The standard InChI is InChI=1S/C17H28N6O2/c1-2-14-12-15(21-17(20-14)23-8-10-25-11-9-23)18-4-3-6-22-7-5-19-16(24)13-22/h12H,2-11,13H2,1H3,(H,19,24)(H,18,20,21). The molecular formula is C17H28N6O2. The molecule has 2 saturated heterocycles. The quantitative estimate of drug-likeness (QED) is 0.677. The van der Waals surface area contributed by atoms with Crippen molar-refractivity contribution in [3.63, 3.8) is 0 Å². The fraction of sp³-hybridized carbons (Fsp3) is 0.706. The minimum atomic E-state index is 0.123. The van der Waals surface area contributed by atoms with Crippen molar-refractivity contribution in [1.82, 2.24) is 20.2 Å². The number of piperazine rings is 1. The monoisotopic (exact) mass is 348 g/mol. The zero-order valence-electron chi connectivity index (χ0n) is 15.0. The van der Waals surface area contributed by atoms with Crippen LogP contribution in [0.2, 0.25) is 0 Å². The van der Waals surface area contributed by atoms with Crippen molar-refractivity contribution in [1.29, 1.82) is 0 Å². The average Bonchev–Trinajstić information content (AvgIpc) is 2.66. The molecule has 0 unspecified atom stereocenters. The molecule has 8 nitrogen and oxygen atoms in total. The molecule has 1 aromatic heterocycles. The molecule has 2 aliphatic heterocycles. The third kappa shape index (κ3) is 5.27. The zero-order valence-corrected chi connectivity index (χ0v) is 15.0. The van der Waals surface area contributed by atoms with Crippen LogP contribution in [-0.2, 0) is 16.0 Å². The SMILES string of the molecule is CCc1cc(NCCCN2CCNC(=O)C2)nc(N2CCOCC2)n1. The van der Waals surface area contributed by atoms with Crippen molar-refractivity contribution in [3.8, 4) is 0 Å². The molecule has 2 fully saturated rings. The molecule has 3 heterocycles. The summed E-state index contributed by atoms with van der Waals surface area (Å²) in [5.41, 5.74) is 1.05. The number of aromatic nitrogens is 2. The van der Waals surface area contributed by atoms with Crippen LogP contribution in [0.25, 0.3) is 0 Å². The Labute approximate surface area is 148 Å². The third-order valence-electron chi connectivity index (χ3n) is 4.50. The second-order valence-corrected chi connectivity index (χ2v) is 6.40. The lowest BCUT2D eigenvalue weighted by Crippen LogP contribution is -2.47. The number of rotatable bonds is 7. The predicted molar refractivity (Wildman–Crippen MR) is 97.0 cm³/mol. The van der Waals surface area contributed by atoms with Crippen molar-refractivity contribution >= 4 is 17.7 Å². The van der Waals surface area contributed by atoms with Gasteiger partial charge in [0.05, 0.1) is 19.8 Å². The van der Waals surface area contributed by atoms with E-state index in [0.717, 1.165) is 82.8 Å². The number of hydrogen-bond donors (Lipinski definition) is 2. The first-order valence-corrected chi connectivity index (χ1v) is 9.18. The van der Waals surface area contributed by atoms with Gasteiger partial charge in [-0.1, -0.05) is 6.92 Å². The van der Waals surface area contributed by atoms with Gasteiger partial charge in [-0.25, -0.2) is 4.98 Å². The fourth-order valence-corrected chi connectivity index (χ4v) is 3.06. The maximum Gasteiger partial charge on any atom is 0.234 e. The number of aryl methyl sites for hydroxylation is 1. The highest BCUT2D eigenvalue weighted by molar-refractivity contribution is 5.78. The van der Waals surface area contributed by atoms with Crippen molar-refractivity contribution in [2.45, 2.75) is 19.8 Å². The van der Waals surface area contributed by atoms with Crippen LogP contribution in [0.15, 0.2) is 6.07 Å². The largest absolute Gasteiger partial charge is 0.378 e. The van der Waals surface area contributed by atoms with Gasteiger partial charge in [-0.3, -0.25) is 9.69 Å². The lowest BCUT2D eigenvalue weighted by molar-refractivity contribution is -0.124. The van der Waals surface area contributed by atoms with E-state index in [2.05, 4.69) is 37.3 Å². The smallest absolute Gasteiger partial charge is 0.234 e. The third-order valence-corrected chi connectivity index (χ3v) is 4.50. The van der Waals surface area contributed by atoms with E-state index in [1.165, 1.54) is 0 Å². The number of hydrogen-bond acceptors (Lipinski definition) is 7. The number of nitrogens with one attached hydrogen (secondary N) is 2. The first kappa shape index (κ1) is 17.9. The summed E-state index contributed by atoms with van der Waals surface area (Å²) in [5.74, 6) is 1.79. The van der Waals surface area contributed by atoms with Gasteiger partial charge in [-0.15, -0.1) is 0 Å². The van der Waals surface area contributed by atoms with E-state index < -0.39 is 0 Å². The summed E-state index contributed by atoms with van der Waals surface area (Å²) in [4.78, 5) is 25.1. The Hall–Kier alpha value is -1.93. The van der Waals surface area contributed by atoms with E-state index in [4.69, 9.17) is 4.74 Å². The van der Waals surface area contributed by atoms with Crippen LogP contribution < -0.4 is 15.5 Å². The second-order valence-electron chi connectivity index (χ2n) is 6.40. The van der Waals surface area contributed by atoms with Crippen LogP contribution in [0, 0.1) is 0 Å². The van der Waals surface area contributed by atoms with Gasteiger partial charge in [0.15, 0.2) is 0 Å². The molecule has 138 valence electrons. The summed E-state index contributed by atoms with van der Waals surface area (Å²) in [7, 11) is 0. The summed E-state index contributed by atoms with van der Waals surface area (Å²) >= 11 is 0. The van der Waals surface area contributed by atoms with Crippen LogP contribution in [0.3, 0.4) is 0 Å². The first-order valence-electron chi connectivity index (χ1n) is 9.18. The number of carbonyl (C=O) groups is 1. The molecule has 2 aliphatic rings. The Morgan fingerprint density at radius 3 is 2.88 bits per heavy atom. The second kappa shape index (κ2) is 8.96. The molecule has 0 atom stereocenters. The van der Waals surface area contributed by atoms with Crippen molar-refractivity contribution in [2.24, 2.45) is 0 Å². The minimum Gasteiger partial charge on any atom is -0.378 e. The molecule has 0 bridgehead atoms. The maximum absolute atomic E-state index is 11.4.